The van der Waals surface area contributed by atoms with Crippen molar-refractivity contribution in [3.8, 4) is 0 Å². The summed E-state index contributed by atoms with van der Waals surface area (Å²) in [6.07, 6.45) is 3.52. The van der Waals surface area contributed by atoms with E-state index < -0.39 is 0 Å². The van der Waals surface area contributed by atoms with Gasteiger partial charge in [-0.1, -0.05) is 13.0 Å². The molecule has 4 rings (SSSR count). The molecule has 2 aromatic rings. The van der Waals surface area contributed by atoms with Gasteiger partial charge in [-0.15, -0.1) is 0 Å². The van der Waals surface area contributed by atoms with Gasteiger partial charge in [0, 0.05) is 54.2 Å². The van der Waals surface area contributed by atoms with E-state index in [1.807, 2.05) is 0 Å². The normalized spacial score (nSPS) is 23.8. The smallest absolute Gasteiger partial charge is 0.169 e. The average Bonchev–Trinajstić information content (AvgIpc) is 2.99. The molecule has 3 atom stereocenters. The van der Waals surface area contributed by atoms with Crippen molar-refractivity contribution in [1.82, 2.24) is 20.1 Å². The topological polar surface area (TPSA) is 34.3 Å². The molecular formula is C24H36N4S. The van der Waals surface area contributed by atoms with Crippen LogP contribution in [0.3, 0.4) is 0 Å². The zero-order valence-corrected chi connectivity index (χ0v) is 19.5. The number of H-pyrrole nitrogens is 1. The van der Waals surface area contributed by atoms with Crippen LogP contribution in [-0.4, -0.2) is 58.2 Å². The minimum Gasteiger partial charge on any atom is -0.359 e. The van der Waals surface area contributed by atoms with Crippen LogP contribution in [0.4, 0.5) is 0 Å². The molecule has 0 bridgehead atoms. The first-order valence-corrected chi connectivity index (χ1v) is 11.8. The maximum atomic E-state index is 5.75. The Bertz CT molecular complexity index is 898. The Morgan fingerprint density at radius 3 is 2.69 bits per heavy atom. The van der Waals surface area contributed by atoms with E-state index in [0.717, 1.165) is 37.7 Å². The van der Waals surface area contributed by atoms with Crippen LogP contribution in [0, 0.1) is 13.8 Å². The number of benzene rings is 1. The fourth-order valence-corrected chi connectivity index (χ4v) is 6.14. The summed E-state index contributed by atoms with van der Waals surface area (Å²) in [7, 11) is 0. The molecule has 29 heavy (non-hydrogen) atoms. The van der Waals surface area contributed by atoms with Gasteiger partial charge >= 0.3 is 0 Å². The fraction of sp³-hybridized carbons (Fsp3) is 0.625. The summed E-state index contributed by atoms with van der Waals surface area (Å²) in [6, 6.07) is 5.77. The van der Waals surface area contributed by atoms with Crippen LogP contribution in [0.2, 0.25) is 0 Å². The van der Waals surface area contributed by atoms with E-state index in [0.29, 0.717) is 18.0 Å². The number of aryl methyl sites for hydroxylation is 2. The van der Waals surface area contributed by atoms with E-state index in [1.54, 1.807) is 11.1 Å². The highest BCUT2D eigenvalue weighted by molar-refractivity contribution is 7.80. The van der Waals surface area contributed by atoms with Gasteiger partial charge in [0.15, 0.2) is 5.11 Å². The summed E-state index contributed by atoms with van der Waals surface area (Å²) in [5, 5.41) is 6.14. The minimum atomic E-state index is 0.410. The first kappa shape index (κ1) is 20.7. The fourth-order valence-electron chi connectivity index (χ4n) is 5.71. The summed E-state index contributed by atoms with van der Waals surface area (Å²) in [4.78, 5) is 8.66. The SMILES string of the molecule is CCCN1C[C@@H](NC(=S)N(CC)CC)C[C@@H]2c3cc(C)cc4[nH]c(C)c(c34)C[C@H]21. The first-order valence-electron chi connectivity index (χ1n) is 11.4. The van der Waals surface area contributed by atoms with Gasteiger partial charge in [-0.3, -0.25) is 4.90 Å². The van der Waals surface area contributed by atoms with Crippen molar-refractivity contribution < 1.29 is 0 Å². The predicted molar refractivity (Wildman–Crippen MR) is 127 cm³/mol. The zero-order chi connectivity index (χ0) is 20.7. The van der Waals surface area contributed by atoms with Crippen molar-refractivity contribution in [1.29, 1.82) is 0 Å². The molecule has 0 unspecified atom stereocenters. The molecule has 1 aliphatic heterocycles. The van der Waals surface area contributed by atoms with Crippen molar-refractivity contribution in [2.24, 2.45) is 0 Å². The largest absolute Gasteiger partial charge is 0.359 e. The van der Waals surface area contributed by atoms with E-state index in [-0.39, 0.29) is 0 Å². The lowest BCUT2D eigenvalue weighted by atomic mass is 9.73. The number of nitrogens with one attached hydrogen (secondary N) is 2. The zero-order valence-electron chi connectivity index (χ0n) is 18.6. The summed E-state index contributed by atoms with van der Waals surface area (Å²) in [6.45, 7) is 15.3. The molecule has 1 aliphatic carbocycles. The van der Waals surface area contributed by atoms with Gasteiger partial charge in [0.05, 0.1) is 0 Å². The molecular weight excluding hydrogens is 376 g/mol. The van der Waals surface area contributed by atoms with Gasteiger partial charge in [0.25, 0.3) is 0 Å². The number of nitrogens with zero attached hydrogens (tertiary/aromatic N) is 2. The monoisotopic (exact) mass is 412 g/mol. The number of rotatable bonds is 5. The molecule has 1 aromatic carbocycles. The van der Waals surface area contributed by atoms with E-state index in [1.165, 1.54) is 35.0 Å². The van der Waals surface area contributed by atoms with Gasteiger partial charge in [-0.05, 0) is 88.5 Å². The van der Waals surface area contributed by atoms with Crippen molar-refractivity contribution in [2.45, 2.75) is 71.9 Å². The lowest BCUT2D eigenvalue weighted by molar-refractivity contribution is 0.104. The number of likely N-dealkylation sites (tertiary alicyclic amines) is 1. The van der Waals surface area contributed by atoms with Crippen molar-refractivity contribution in [2.75, 3.05) is 26.2 Å². The van der Waals surface area contributed by atoms with Crippen molar-refractivity contribution >= 4 is 28.2 Å². The number of hydrogen-bond acceptors (Lipinski definition) is 2. The average molecular weight is 413 g/mol. The summed E-state index contributed by atoms with van der Waals surface area (Å²) in [5.74, 6) is 0.567. The van der Waals surface area contributed by atoms with E-state index in [4.69, 9.17) is 12.2 Å². The van der Waals surface area contributed by atoms with Crippen LogP contribution in [-0.2, 0) is 6.42 Å². The molecule has 2 heterocycles. The second-order valence-corrected chi connectivity index (χ2v) is 9.32. The Kier molecular flexibility index (Phi) is 5.90. The second-order valence-electron chi connectivity index (χ2n) is 8.93. The van der Waals surface area contributed by atoms with Crippen LogP contribution < -0.4 is 5.32 Å². The molecule has 0 radical (unpaired) electrons. The van der Waals surface area contributed by atoms with Crippen molar-refractivity contribution in [3.05, 3.63) is 34.5 Å². The molecule has 5 heteroatoms. The summed E-state index contributed by atoms with van der Waals surface area (Å²) >= 11 is 5.75. The number of aromatic nitrogens is 1. The highest BCUT2D eigenvalue weighted by Gasteiger charge is 2.41. The second kappa shape index (κ2) is 8.27. The third kappa shape index (κ3) is 3.68. The van der Waals surface area contributed by atoms with Gasteiger partial charge in [-0.2, -0.15) is 0 Å². The molecule has 0 spiro atoms. The van der Waals surface area contributed by atoms with Crippen LogP contribution in [0.1, 0.15) is 61.9 Å². The Labute approximate surface area is 181 Å². The van der Waals surface area contributed by atoms with Crippen LogP contribution in [0.25, 0.3) is 10.9 Å². The highest BCUT2D eigenvalue weighted by atomic mass is 32.1. The van der Waals surface area contributed by atoms with E-state index >= 15 is 0 Å². The molecule has 1 aromatic heterocycles. The van der Waals surface area contributed by atoms with Crippen LogP contribution >= 0.6 is 12.2 Å². The maximum absolute atomic E-state index is 5.75. The molecule has 0 saturated carbocycles. The lowest BCUT2D eigenvalue weighted by Crippen LogP contribution is -2.57. The predicted octanol–water partition coefficient (Wildman–Crippen LogP) is 4.49. The third-order valence-electron chi connectivity index (χ3n) is 7.02. The molecule has 158 valence electrons. The summed E-state index contributed by atoms with van der Waals surface area (Å²) in [5.41, 5.74) is 7.13. The Morgan fingerprint density at radius 1 is 1.24 bits per heavy atom. The lowest BCUT2D eigenvalue weighted by Gasteiger charge is -2.48. The molecule has 1 saturated heterocycles. The van der Waals surface area contributed by atoms with Gasteiger partial charge in [-0.25, -0.2) is 0 Å². The molecule has 0 amide bonds. The van der Waals surface area contributed by atoms with Gasteiger partial charge < -0.3 is 15.2 Å². The van der Waals surface area contributed by atoms with Gasteiger partial charge in [0.2, 0.25) is 0 Å². The maximum Gasteiger partial charge on any atom is 0.169 e. The number of piperidine rings is 1. The standard InChI is InChI=1S/C24H36N4S/c1-6-9-28-14-17(26-24(29)27(7-2)8-3)12-19-20-10-15(4)11-21-23(20)18(13-22(19)28)16(5)25-21/h10-11,17,19,22,25H,6-9,12-14H2,1-5H3,(H,26,29)/t17-,19+,22+/m0/s1. The first-order chi connectivity index (χ1) is 14.0. The molecule has 2 N–H and O–H groups in total. The van der Waals surface area contributed by atoms with E-state index in [2.05, 4.69) is 66.9 Å². The van der Waals surface area contributed by atoms with Gasteiger partial charge in [0.1, 0.15) is 0 Å². The third-order valence-corrected chi connectivity index (χ3v) is 7.39. The number of aromatic amines is 1. The van der Waals surface area contributed by atoms with E-state index in [9.17, 15) is 0 Å². The van der Waals surface area contributed by atoms with Crippen LogP contribution in [0.15, 0.2) is 12.1 Å². The summed E-state index contributed by atoms with van der Waals surface area (Å²) < 4.78 is 0. The Morgan fingerprint density at radius 2 is 2.00 bits per heavy atom. The Hall–Kier alpha value is -1.59. The Balaban J connectivity index is 1.69. The van der Waals surface area contributed by atoms with Crippen LogP contribution in [0.5, 0.6) is 0 Å². The molecule has 2 aliphatic rings. The minimum absolute atomic E-state index is 0.410. The number of hydrogen-bond donors (Lipinski definition) is 2. The quantitative estimate of drug-likeness (QED) is 0.709. The highest BCUT2D eigenvalue weighted by Crippen LogP contribution is 2.45. The number of thiocarbonyl (C=S) groups is 1. The number of fused-ring (bicyclic) bond motifs is 2. The molecule has 4 nitrogen and oxygen atoms in total. The molecule has 1 fully saturated rings. The van der Waals surface area contributed by atoms with Crippen molar-refractivity contribution in [3.63, 3.8) is 0 Å².